The van der Waals surface area contributed by atoms with E-state index in [1.165, 1.54) is 25.5 Å². The molecule has 0 saturated heterocycles. The van der Waals surface area contributed by atoms with Gasteiger partial charge in [-0.3, -0.25) is 4.79 Å². The highest BCUT2D eigenvalue weighted by atomic mass is 16.5. The molecule has 4 rings (SSSR count). The summed E-state index contributed by atoms with van der Waals surface area (Å²) in [6, 6.07) is 22.8. The first-order valence-electron chi connectivity index (χ1n) is 10.7. The Bertz CT molecular complexity index is 1350. The maximum absolute atomic E-state index is 12.5. The van der Waals surface area contributed by atoms with Gasteiger partial charge in [-0.1, -0.05) is 18.2 Å². The van der Waals surface area contributed by atoms with E-state index >= 15 is 0 Å². The molecule has 35 heavy (non-hydrogen) atoms. The Kier molecular flexibility index (Phi) is 7.22. The summed E-state index contributed by atoms with van der Waals surface area (Å²) >= 11 is 0. The summed E-state index contributed by atoms with van der Waals surface area (Å²) in [5.74, 6) is -0.270. The third-order valence-electron chi connectivity index (χ3n) is 5.17. The molecule has 8 heteroatoms. The zero-order valence-electron chi connectivity index (χ0n) is 18.9. The zero-order valence-corrected chi connectivity index (χ0v) is 18.9. The number of methoxy groups -OCH3 is 1. The first kappa shape index (κ1) is 23.3. The number of aromatic nitrogens is 1. The quantitative estimate of drug-likeness (QED) is 0.277. The molecule has 0 bridgehead atoms. The van der Waals surface area contributed by atoms with Gasteiger partial charge in [0.05, 0.1) is 18.9 Å². The Labute approximate surface area is 202 Å². The summed E-state index contributed by atoms with van der Waals surface area (Å²) in [7, 11) is 1.53. The first-order valence-corrected chi connectivity index (χ1v) is 10.7. The van der Waals surface area contributed by atoms with Crippen LogP contribution in [0.4, 0.5) is 0 Å². The Morgan fingerprint density at radius 3 is 2.43 bits per heavy atom. The number of hydrazone groups is 1. The van der Waals surface area contributed by atoms with Crippen molar-refractivity contribution in [3.8, 4) is 17.2 Å². The van der Waals surface area contributed by atoms with Gasteiger partial charge in [0.15, 0.2) is 11.5 Å². The van der Waals surface area contributed by atoms with E-state index in [0.717, 1.165) is 11.3 Å². The van der Waals surface area contributed by atoms with Crippen LogP contribution in [-0.4, -0.2) is 34.9 Å². The van der Waals surface area contributed by atoms with Gasteiger partial charge in [-0.15, -0.1) is 0 Å². The van der Waals surface area contributed by atoms with E-state index in [9.17, 15) is 9.59 Å². The molecule has 0 saturated carbocycles. The molecule has 4 aromatic rings. The van der Waals surface area contributed by atoms with Gasteiger partial charge in [-0.25, -0.2) is 10.2 Å². The van der Waals surface area contributed by atoms with Crippen LogP contribution in [0.3, 0.4) is 0 Å². The predicted octanol–water partition coefficient (Wildman–Crippen LogP) is 4.53. The molecule has 2 N–H and O–H groups in total. The molecule has 176 valence electrons. The van der Waals surface area contributed by atoms with Gasteiger partial charge in [0, 0.05) is 23.6 Å². The molecule has 0 fully saturated rings. The minimum Gasteiger partial charge on any atom is -0.493 e. The summed E-state index contributed by atoms with van der Waals surface area (Å²) in [6.45, 7) is 0.252. The molecule has 1 heterocycles. The van der Waals surface area contributed by atoms with Crippen molar-refractivity contribution in [2.24, 2.45) is 5.10 Å². The van der Waals surface area contributed by atoms with Crippen molar-refractivity contribution in [2.75, 3.05) is 7.11 Å². The van der Waals surface area contributed by atoms with Crippen LogP contribution in [0, 0.1) is 0 Å². The number of carbonyl (C=O) groups excluding carboxylic acids is 1. The van der Waals surface area contributed by atoms with Gasteiger partial charge < -0.3 is 19.1 Å². The summed E-state index contributed by atoms with van der Waals surface area (Å²) < 4.78 is 13.2. The van der Waals surface area contributed by atoms with Crippen molar-refractivity contribution in [1.82, 2.24) is 9.99 Å². The van der Waals surface area contributed by atoms with Crippen LogP contribution in [-0.2, 0) is 6.61 Å². The fourth-order valence-corrected chi connectivity index (χ4v) is 3.33. The van der Waals surface area contributed by atoms with Crippen molar-refractivity contribution >= 4 is 18.1 Å². The Balaban J connectivity index is 1.37. The van der Waals surface area contributed by atoms with Gasteiger partial charge in [-0.05, 0) is 71.8 Å². The number of rotatable bonds is 9. The molecule has 0 unspecified atom stereocenters. The molecule has 0 aliphatic rings. The lowest BCUT2D eigenvalue weighted by molar-refractivity contribution is 0.0696. The number of aromatic carboxylic acids is 1. The van der Waals surface area contributed by atoms with Crippen LogP contribution >= 0.6 is 0 Å². The fraction of sp³-hybridized carbons (Fsp3) is 0.0741. The Morgan fingerprint density at radius 1 is 0.943 bits per heavy atom. The third kappa shape index (κ3) is 5.94. The summed E-state index contributed by atoms with van der Waals surface area (Å²) in [4.78, 5) is 23.5. The zero-order chi connectivity index (χ0) is 24.6. The Hall–Kier alpha value is -4.85. The summed E-state index contributed by atoms with van der Waals surface area (Å²) in [6.07, 6.45) is 5.33. The van der Waals surface area contributed by atoms with Gasteiger partial charge in [0.2, 0.25) is 0 Å². The van der Waals surface area contributed by atoms with Crippen LogP contribution in [0.25, 0.3) is 5.69 Å². The molecule has 0 aliphatic heterocycles. The van der Waals surface area contributed by atoms with Crippen LogP contribution in [0.15, 0.2) is 96.4 Å². The number of hydrogen-bond acceptors (Lipinski definition) is 5. The smallest absolute Gasteiger partial charge is 0.335 e. The van der Waals surface area contributed by atoms with Crippen LogP contribution in [0.5, 0.6) is 11.5 Å². The van der Waals surface area contributed by atoms with Gasteiger partial charge in [0.25, 0.3) is 5.91 Å². The SMILES string of the molecule is COc1cc(/C=N/NC(=O)c2cccc(-n3cccc3)c2)ccc1OCc1ccc(C(=O)O)cc1. The van der Waals surface area contributed by atoms with Crippen molar-refractivity contribution in [2.45, 2.75) is 6.61 Å². The number of benzene rings is 3. The molecule has 0 aliphatic carbocycles. The molecule has 0 spiro atoms. The largest absolute Gasteiger partial charge is 0.493 e. The normalized spacial score (nSPS) is 10.8. The summed E-state index contributed by atoms with van der Waals surface area (Å²) in [5, 5.41) is 13.0. The number of amides is 1. The third-order valence-corrected chi connectivity index (χ3v) is 5.17. The topological polar surface area (TPSA) is 102 Å². The number of carboxylic acid groups (broad SMARTS) is 1. The number of hydrogen-bond donors (Lipinski definition) is 2. The molecule has 1 aromatic heterocycles. The lowest BCUT2D eigenvalue weighted by atomic mass is 10.1. The van der Waals surface area contributed by atoms with E-state index in [-0.39, 0.29) is 18.1 Å². The van der Waals surface area contributed by atoms with Gasteiger partial charge in [-0.2, -0.15) is 5.10 Å². The minimum absolute atomic E-state index is 0.218. The molecule has 0 radical (unpaired) electrons. The van der Waals surface area contributed by atoms with Gasteiger partial charge in [0.1, 0.15) is 6.61 Å². The first-order chi connectivity index (χ1) is 17.0. The standard InChI is InChI=1S/C27H23N3O5/c1-34-25-15-20(9-12-24(25)35-18-19-7-10-21(11-8-19)27(32)33)17-28-29-26(31)22-5-4-6-23(16-22)30-13-2-3-14-30/h2-17H,18H2,1H3,(H,29,31)(H,32,33)/b28-17+. The van der Waals surface area contributed by atoms with E-state index in [0.29, 0.717) is 22.6 Å². The molecular formula is C27H23N3O5. The monoisotopic (exact) mass is 469 g/mol. The van der Waals surface area contributed by atoms with Crippen molar-refractivity contribution in [3.63, 3.8) is 0 Å². The second kappa shape index (κ2) is 10.8. The number of ether oxygens (including phenoxy) is 2. The highest BCUT2D eigenvalue weighted by molar-refractivity contribution is 5.95. The van der Waals surface area contributed by atoms with E-state index in [4.69, 9.17) is 14.6 Å². The van der Waals surface area contributed by atoms with Crippen molar-refractivity contribution < 1.29 is 24.2 Å². The maximum atomic E-state index is 12.5. The van der Waals surface area contributed by atoms with Crippen LogP contribution in [0.1, 0.15) is 31.8 Å². The average molecular weight is 469 g/mol. The molecular weight excluding hydrogens is 446 g/mol. The molecule has 1 amide bonds. The molecule has 8 nitrogen and oxygen atoms in total. The molecule has 3 aromatic carbocycles. The Morgan fingerprint density at radius 2 is 1.71 bits per heavy atom. The number of carbonyl (C=O) groups is 2. The maximum Gasteiger partial charge on any atom is 0.335 e. The van der Waals surface area contributed by atoms with E-state index < -0.39 is 5.97 Å². The predicted molar refractivity (Wildman–Crippen MR) is 132 cm³/mol. The lowest BCUT2D eigenvalue weighted by Crippen LogP contribution is -2.17. The second-order valence-corrected chi connectivity index (χ2v) is 7.54. The number of carboxylic acids is 1. The van der Waals surface area contributed by atoms with Crippen LogP contribution in [0.2, 0.25) is 0 Å². The summed E-state index contributed by atoms with van der Waals surface area (Å²) in [5.41, 5.74) is 5.66. The minimum atomic E-state index is -0.974. The van der Waals surface area contributed by atoms with E-state index in [2.05, 4.69) is 10.5 Å². The van der Waals surface area contributed by atoms with Crippen molar-refractivity contribution in [3.05, 3.63) is 114 Å². The fourth-order valence-electron chi connectivity index (χ4n) is 3.33. The highest BCUT2D eigenvalue weighted by Crippen LogP contribution is 2.28. The number of nitrogens with zero attached hydrogens (tertiary/aromatic N) is 2. The van der Waals surface area contributed by atoms with Crippen LogP contribution < -0.4 is 14.9 Å². The van der Waals surface area contributed by atoms with Gasteiger partial charge >= 0.3 is 5.97 Å². The average Bonchev–Trinajstić information content (AvgIpc) is 3.43. The van der Waals surface area contributed by atoms with E-state index in [1.807, 2.05) is 41.2 Å². The highest BCUT2D eigenvalue weighted by Gasteiger charge is 2.08. The second-order valence-electron chi connectivity index (χ2n) is 7.54. The lowest BCUT2D eigenvalue weighted by Gasteiger charge is -2.11. The number of nitrogens with one attached hydrogen (secondary N) is 1. The molecule has 0 atom stereocenters. The van der Waals surface area contributed by atoms with Crippen molar-refractivity contribution in [1.29, 1.82) is 0 Å². The van der Waals surface area contributed by atoms with E-state index in [1.54, 1.807) is 42.5 Å².